The SMILES string of the molecule is CN1OCC(S(=O)(=O)NCc2cccc(C(F)(F)F)c2)C1c1ccc(C(F)(F)F)cc1. The fourth-order valence-corrected chi connectivity index (χ4v) is 4.79. The zero-order valence-electron chi connectivity index (χ0n) is 16.0. The van der Waals surface area contributed by atoms with E-state index in [1.54, 1.807) is 0 Å². The van der Waals surface area contributed by atoms with Crippen LogP contribution in [-0.2, 0) is 33.8 Å². The number of halogens is 6. The number of hydrogen-bond acceptors (Lipinski definition) is 4. The van der Waals surface area contributed by atoms with Gasteiger partial charge in [0.2, 0.25) is 10.0 Å². The maximum absolute atomic E-state index is 12.8. The van der Waals surface area contributed by atoms with Crippen LogP contribution in [0, 0.1) is 0 Å². The number of alkyl halides is 6. The first kappa shape index (κ1) is 23.5. The number of nitrogens with one attached hydrogen (secondary N) is 1. The average molecular weight is 468 g/mol. The van der Waals surface area contributed by atoms with Crippen molar-refractivity contribution in [1.29, 1.82) is 0 Å². The van der Waals surface area contributed by atoms with Gasteiger partial charge in [-0.1, -0.05) is 30.3 Å². The van der Waals surface area contributed by atoms with Gasteiger partial charge in [-0.3, -0.25) is 4.84 Å². The molecule has 0 spiro atoms. The highest BCUT2D eigenvalue weighted by molar-refractivity contribution is 7.90. The number of hydroxylamine groups is 2. The monoisotopic (exact) mass is 468 g/mol. The van der Waals surface area contributed by atoms with E-state index in [9.17, 15) is 34.8 Å². The second-order valence-electron chi connectivity index (χ2n) is 7.01. The molecule has 170 valence electrons. The van der Waals surface area contributed by atoms with Crippen molar-refractivity contribution in [3.05, 3.63) is 70.8 Å². The molecule has 0 radical (unpaired) electrons. The molecule has 1 N–H and O–H groups in total. The van der Waals surface area contributed by atoms with Crippen LogP contribution in [0.4, 0.5) is 26.3 Å². The Kier molecular flexibility index (Phi) is 6.38. The molecular weight excluding hydrogens is 450 g/mol. The van der Waals surface area contributed by atoms with Gasteiger partial charge in [-0.15, -0.1) is 0 Å². The van der Waals surface area contributed by atoms with E-state index in [1.165, 1.54) is 36.4 Å². The summed E-state index contributed by atoms with van der Waals surface area (Å²) in [6, 6.07) is 7.38. The predicted octanol–water partition coefficient (Wildman–Crippen LogP) is 4.13. The zero-order valence-corrected chi connectivity index (χ0v) is 16.9. The van der Waals surface area contributed by atoms with Gasteiger partial charge in [0.15, 0.2) is 0 Å². The summed E-state index contributed by atoms with van der Waals surface area (Å²) in [5, 5.41) is 0.0524. The highest BCUT2D eigenvalue weighted by atomic mass is 32.2. The van der Waals surface area contributed by atoms with E-state index in [-0.39, 0.29) is 18.7 Å². The van der Waals surface area contributed by atoms with Crippen molar-refractivity contribution < 1.29 is 39.6 Å². The number of rotatable bonds is 5. The van der Waals surface area contributed by atoms with Crippen LogP contribution in [0.25, 0.3) is 0 Å². The van der Waals surface area contributed by atoms with Gasteiger partial charge in [0.05, 0.1) is 23.8 Å². The van der Waals surface area contributed by atoms with E-state index < -0.39 is 44.8 Å². The Balaban J connectivity index is 1.78. The van der Waals surface area contributed by atoms with Crippen molar-refractivity contribution in [2.45, 2.75) is 30.2 Å². The average Bonchev–Trinajstić information content (AvgIpc) is 3.08. The summed E-state index contributed by atoms with van der Waals surface area (Å²) in [5.74, 6) is 0. The third kappa shape index (κ3) is 5.37. The van der Waals surface area contributed by atoms with Crippen molar-refractivity contribution >= 4 is 10.0 Å². The summed E-state index contributed by atoms with van der Waals surface area (Å²) in [4.78, 5) is 5.28. The van der Waals surface area contributed by atoms with Crippen LogP contribution in [-0.4, -0.2) is 32.4 Å². The van der Waals surface area contributed by atoms with E-state index in [0.717, 1.165) is 24.3 Å². The summed E-state index contributed by atoms with van der Waals surface area (Å²) < 4.78 is 105. The Morgan fingerprint density at radius 3 is 2.19 bits per heavy atom. The Bertz CT molecular complexity index is 1020. The van der Waals surface area contributed by atoms with Gasteiger partial charge in [0, 0.05) is 13.6 Å². The maximum Gasteiger partial charge on any atom is 0.416 e. The molecule has 3 rings (SSSR count). The third-order valence-corrected chi connectivity index (χ3v) is 6.63. The topological polar surface area (TPSA) is 58.6 Å². The number of nitrogens with zero attached hydrogens (tertiary/aromatic N) is 1. The van der Waals surface area contributed by atoms with Crippen LogP contribution in [0.15, 0.2) is 48.5 Å². The smallest absolute Gasteiger partial charge is 0.297 e. The van der Waals surface area contributed by atoms with Crippen molar-refractivity contribution in [3.8, 4) is 0 Å². The summed E-state index contributed by atoms with van der Waals surface area (Å²) in [6.07, 6.45) is -9.10. The molecule has 12 heteroatoms. The molecule has 1 aliphatic heterocycles. The van der Waals surface area contributed by atoms with Crippen LogP contribution < -0.4 is 4.72 Å². The summed E-state index contributed by atoms with van der Waals surface area (Å²) >= 11 is 0. The highest BCUT2D eigenvalue weighted by Gasteiger charge is 2.43. The first-order valence-corrected chi connectivity index (χ1v) is 10.5. The predicted molar refractivity (Wildman–Crippen MR) is 98.9 cm³/mol. The molecule has 2 unspecified atom stereocenters. The van der Waals surface area contributed by atoms with Crippen LogP contribution in [0.2, 0.25) is 0 Å². The molecule has 1 saturated heterocycles. The van der Waals surface area contributed by atoms with Crippen LogP contribution in [0.3, 0.4) is 0 Å². The molecule has 1 heterocycles. The largest absolute Gasteiger partial charge is 0.416 e. The minimum atomic E-state index is -4.56. The fraction of sp³-hybridized carbons (Fsp3) is 0.368. The quantitative estimate of drug-likeness (QED) is 0.671. The molecule has 2 aromatic carbocycles. The van der Waals surface area contributed by atoms with E-state index in [1.807, 2.05) is 0 Å². The van der Waals surface area contributed by atoms with Gasteiger partial charge in [-0.25, -0.2) is 13.1 Å². The van der Waals surface area contributed by atoms with E-state index in [4.69, 9.17) is 4.84 Å². The molecule has 5 nitrogen and oxygen atoms in total. The van der Waals surface area contributed by atoms with Crippen LogP contribution in [0.5, 0.6) is 0 Å². The molecule has 0 aliphatic carbocycles. The number of hydrogen-bond donors (Lipinski definition) is 1. The van der Waals surface area contributed by atoms with Gasteiger partial charge in [0.25, 0.3) is 0 Å². The molecule has 0 aromatic heterocycles. The fourth-order valence-electron chi connectivity index (χ4n) is 3.30. The normalized spacial score (nSPS) is 20.9. The summed E-state index contributed by atoms with van der Waals surface area (Å²) in [6.45, 7) is -0.647. The molecule has 0 saturated carbocycles. The van der Waals surface area contributed by atoms with Gasteiger partial charge >= 0.3 is 12.4 Å². The van der Waals surface area contributed by atoms with Crippen molar-refractivity contribution in [3.63, 3.8) is 0 Å². The first-order chi connectivity index (χ1) is 14.3. The number of benzene rings is 2. The lowest BCUT2D eigenvalue weighted by Crippen LogP contribution is -2.39. The van der Waals surface area contributed by atoms with Crippen LogP contribution in [0.1, 0.15) is 28.3 Å². The third-order valence-electron chi connectivity index (χ3n) is 4.90. The lowest BCUT2D eigenvalue weighted by atomic mass is 10.0. The summed E-state index contributed by atoms with van der Waals surface area (Å²) in [7, 11) is -2.65. The maximum atomic E-state index is 12.8. The molecule has 0 bridgehead atoms. The Hall–Kier alpha value is -2.15. The molecule has 1 fully saturated rings. The minimum Gasteiger partial charge on any atom is -0.297 e. The molecule has 0 amide bonds. The van der Waals surface area contributed by atoms with E-state index in [0.29, 0.717) is 5.56 Å². The van der Waals surface area contributed by atoms with E-state index in [2.05, 4.69) is 4.72 Å². The van der Waals surface area contributed by atoms with Crippen molar-refractivity contribution in [2.24, 2.45) is 0 Å². The lowest BCUT2D eigenvalue weighted by molar-refractivity contribution is -0.138. The molecule has 1 aliphatic rings. The lowest BCUT2D eigenvalue weighted by Gasteiger charge is -2.23. The Morgan fingerprint density at radius 1 is 1.00 bits per heavy atom. The van der Waals surface area contributed by atoms with Gasteiger partial charge in [0.1, 0.15) is 5.25 Å². The van der Waals surface area contributed by atoms with Crippen molar-refractivity contribution in [2.75, 3.05) is 13.7 Å². The van der Waals surface area contributed by atoms with E-state index >= 15 is 0 Å². The number of sulfonamides is 1. The van der Waals surface area contributed by atoms with Crippen molar-refractivity contribution in [1.82, 2.24) is 9.79 Å². The molecule has 31 heavy (non-hydrogen) atoms. The van der Waals surface area contributed by atoms with Gasteiger partial charge in [-0.05, 0) is 29.3 Å². The highest BCUT2D eigenvalue weighted by Crippen LogP contribution is 2.36. The second-order valence-corrected chi connectivity index (χ2v) is 8.99. The molecule has 2 atom stereocenters. The summed E-state index contributed by atoms with van der Waals surface area (Å²) in [5.41, 5.74) is -1.38. The molecule has 2 aromatic rings. The van der Waals surface area contributed by atoms with Crippen LogP contribution >= 0.6 is 0 Å². The minimum absolute atomic E-state index is 0.108. The first-order valence-electron chi connectivity index (χ1n) is 8.96. The van der Waals surface area contributed by atoms with Gasteiger partial charge in [-0.2, -0.15) is 31.4 Å². The van der Waals surface area contributed by atoms with Gasteiger partial charge < -0.3 is 0 Å². The second kappa shape index (κ2) is 8.41. The standard InChI is InChI=1S/C19H18F6N2O3S/c1-27-17(13-5-7-14(8-6-13)18(20,21)22)16(11-30-27)31(28,29)26-10-12-3-2-4-15(9-12)19(23,24)25/h2-9,16-17,26H,10-11H2,1H3. The molecular formula is C19H18F6N2O3S. The Labute approximate surface area is 174 Å². The Morgan fingerprint density at radius 2 is 1.61 bits per heavy atom. The zero-order chi connectivity index (χ0) is 23.0.